The summed E-state index contributed by atoms with van der Waals surface area (Å²) in [5.41, 5.74) is 4.40. The van der Waals surface area contributed by atoms with Crippen LogP contribution in [-0.4, -0.2) is 18.7 Å². The quantitative estimate of drug-likeness (QED) is 0.431. The first-order valence-electron chi connectivity index (χ1n) is 11.2. The molecule has 0 fully saturated rings. The van der Waals surface area contributed by atoms with E-state index in [2.05, 4.69) is 60.6 Å². The number of rotatable bonds is 9. The SMILES string of the molecule is Cc1cc(C(C)(C)C)cc(C)c1C(=O)Pc1ccc(OCC(C)C)cc1OCC(C)C.[Li+]. The van der Waals surface area contributed by atoms with E-state index in [-0.39, 0.29) is 38.4 Å². The van der Waals surface area contributed by atoms with Crippen molar-refractivity contribution < 1.29 is 33.1 Å². The van der Waals surface area contributed by atoms with Crippen molar-refractivity contribution >= 4 is 19.4 Å². The molecule has 0 aliphatic heterocycles. The van der Waals surface area contributed by atoms with E-state index in [1.165, 1.54) is 5.56 Å². The summed E-state index contributed by atoms with van der Waals surface area (Å²) in [6.07, 6.45) is 0. The molecule has 2 aromatic carbocycles. The molecule has 0 aliphatic rings. The Kier molecular flexibility index (Phi) is 11.0. The molecule has 0 aromatic heterocycles. The average Bonchev–Trinajstić information content (AvgIpc) is 2.64. The van der Waals surface area contributed by atoms with Crippen LogP contribution < -0.4 is 33.6 Å². The average molecular weight is 450 g/mol. The molecule has 0 amide bonds. The van der Waals surface area contributed by atoms with Crippen molar-refractivity contribution in [3.05, 3.63) is 52.6 Å². The van der Waals surface area contributed by atoms with Gasteiger partial charge in [0, 0.05) is 16.9 Å². The summed E-state index contributed by atoms with van der Waals surface area (Å²) in [7, 11) is 0.00847. The zero-order chi connectivity index (χ0) is 23.3. The van der Waals surface area contributed by atoms with E-state index in [4.69, 9.17) is 9.47 Å². The van der Waals surface area contributed by atoms with Crippen LogP contribution in [0, 0.1) is 25.7 Å². The molecule has 0 radical (unpaired) electrons. The molecule has 1 unspecified atom stereocenters. The Morgan fingerprint density at radius 2 is 1.44 bits per heavy atom. The first-order valence-corrected chi connectivity index (χ1v) is 12.2. The second kappa shape index (κ2) is 12.3. The Hall–Kier alpha value is -1.26. The number of carbonyl (C=O) groups is 1. The minimum atomic E-state index is 0. The Labute approximate surface area is 209 Å². The zero-order valence-corrected chi connectivity index (χ0v) is 22.7. The van der Waals surface area contributed by atoms with Gasteiger partial charge in [0.25, 0.3) is 0 Å². The molecule has 2 rings (SSSR count). The summed E-state index contributed by atoms with van der Waals surface area (Å²) in [6.45, 7) is 20.4. The van der Waals surface area contributed by atoms with E-state index >= 15 is 0 Å². The van der Waals surface area contributed by atoms with Crippen molar-refractivity contribution in [2.24, 2.45) is 11.8 Å². The number of ether oxygens (including phenoxy) is 2. The molecule has 0 bridgehead atoms. The van der Waals surface area contributed by atoms with E-state index in [0.717, 1.165) is 33.5 Å². The molecule has 0 spiro atoms. The topological polar surface area (TPSA) is 35.5 Å². The number of aryl methyl sites for hydroxylation is 2. The third kappa shape index (κ3) is 8.26. The van der Waals surface area contributed by atoms with E-state index in [1.807, 2.05) is 32.0 Å². The van der Waals surface area contributed by atoms with Gasteiger partial charge >= 0.3 is 18.9 Å². The summed E-state index contributed by atoms with van der Waals surface area (Å²) in [5, 5.41) is 0.932. The smallest absolute Gasteiger partial charge is 0.493 e. The first kappa shape index (κ1) is 28.8. The van der Waals surface area contributed by atoms with Gasteiger partial charge < -0.3 is 9.47 Å². The maximum Gasteiger partial charge on any atom is 1.00 e. The fourth-order valence-corrected chi connectivity index (χ4v) is 4.47. The molecule has 2 aromatic rings. The molecule has 3 nitrogen and oxygen atoms in total. The van der Waals surface area contributed by atoms with Gasteiger partial charge in [-0.15, -0.1) is 0 Å². The number of hydrogen-bond acceptors (Lipinski definition) is 3. The minimum absolute atomic E-state index is 0. The van der Waals surface area contributed by atoms with Crippen molar-refractivity contribution in [3.8, 4) is 11.5 Å². The third-order valence-electron chi connectivity index (χ3n) is 4.98. The van der Waals surface area contributed by atoms with Crippen molar-refractivity contribution in [3.63, 3.8) is 0 Å². The molecule has 0 heterocycles. The van der Waals surface area contributed by atoms with Gasteiger partial charge in [-0.3, -0.25) is 4.79 Å². The Balaban J connectivity index is 0.00000512. The van der Waals surface area contributed by atoms with Crippen molar-refractivity contribution in [2.45, 2.75) is 67.7 Å². The van der Waals surface area contributed by atoms with E-state index in [9.17, 15) is 4.79 Å². The fraction of sp³-hybridized carbons (Fsp3) is 0.519. The van der Waals surface area contributed by atoms with Crippen molar-refractivity contribution in [1.82, 2.24) is 0 Å². The normalized spacial score (nSPS) is 11.8. The van der Waals surface area contributed by atoms with Crippen molar-refractivity contribution in [2.75, 3.05) is 13.2 Å². The van der Waals surface area contributed by atoms with Gasteiger partial charge in [-0.2, -0.15) is 0 Å². The maximum atomic E-state index is 13.3. The molecule has 0 aliphatic carbocycles. The van der Waals surface area contributed by atoms with E-state index < -0.39 is 0 Å². The zero-order valence-electron chi connectivity index (χ0n) is 21.7. The predicted molar refractivity (Wildman–Crippen MR) is 134 cm³/mol. The van der Waals surface area contributed by atoms with Crippen LogP contribution in [0.3, 0.4) is 0 Å². The van der Waals surface area contributed by atoms with Crippen molar-refractivity contribution in [1.29, 1.82) is 0 Å². The van der Waals surface area contributed by atoms with Gasteiger partial charge in [0.2, 0.25) is 0 Å². The standard InChI is InChI=1S/C27H39O3P.Li/c1-17(2)15-29-22-10-11-24(23(14-22)30-16-18(3)4)31-26(28)25-19(5)12-21(13-20(25)6)27(7,8)9;/h10-14,17-18,31H,15-16H2,1-9H3;/q;+1. The number of hydrogen-bond donors (Lipinski definition) is 0. The summed E-state index contributed by atoms with van der Waals surface area (Å²) in [6, 6.07) is 10.2. The monoisotopic (exact) mass is 449 g/mol. The molecule has 170 valence electrons. The Morgan fingerprint density at radius 1 is 0.906 bits per heavy atom. The van der Waals surface area contributed by atoms with Crippen LogP contribution in [0.1, 0.15) is 75.5 Å². The second-order valence-electron chi connectivity index (χ2n) is 10.3. The Morgan fingerprint density at radius 3 is 1.94 bits per heavy atom. The molecule has 32 heavy (non-hydrogen) atoms. The maximum absolute atomic E-state index is 13.3. The largest absolute Gasteiger partial charge is 1.00 e. The van der Waals surface area contributed by atoms with Crippen LogP contribution in [0.15, 0.2) is 30.3 Å². The van der Waals surface area contributed by atoms with Gasteiger partial charge in [0.1, 0.15) is 11.5 Å². The van der Waals surface area contributed by atoms with Crippen LogP contribution in [0.25, 0.3) is 0 Å². The summed E-state index contributed by atoms with van der Waals surface area (Å²) >= 11 is 0. The minimum Gasteiger partial charge on any atom is -0.493 e. The van der Waals surface area contributed by atoms with Crippen LogP contribution in [0.2, 0.25) is 0 Å². The third-order valence-corrected chi connectivity index (χ3v) is 6.14. The van der Waals surface area contributed by atoms with Gasteiger partial charge in [-0.1, -0.05) is 60.6 Å². The second-order valence-corrected chi connectivity index (χ2v) is 11.5. The molecular formula is C27H39LiO3P+. The van der Waals surface area contributed by atoms with Crippen LogP contribution in [-0.2, 0) is 5.41 Å². The predicted octanol–water partition coefficient (Wildman–Crippen LogP) is 3.82. The molecule has 0 saturated carbocycles. The van der Waals surface area contributed by atoms with E-state index in [0.29, 0.717) is 25.0 Å². The van der Waals surface area contributed by atoms with Gasteiger partial charge in [0.05, 0.1) is 13.2 Å². The van der Waals surface area contributed by atoms with Crippen LogP contribution >= 0.6 is 8.58 Å². The summed E-state index contributed by atoms with van der Waals surface area (Å²) in [4.78, 5) is 13.3. The Bertz CT molecular complexity index is 891. The molecule has 0 saturated heterocycles. The van der Waals surface area contributed by atoms with Gasteiger partial charge in [0.15, 0.2) is 5.52 Å². The van der Waals surface area contributed by atoms with Crippen LogP contribution in [0.4, 0.5) is 0 Å². The fourth-order valence-electron chi connectivity index (χ4n) is 3.27. The summed E-state index contributed by atoms with van der Waals surface area (Å²) < 4.78 is 12.0. The molecule has 0 N–H and O–H groups in total. The first-order chi connectivity index (χ1) is 14.4. The van der Waals surface area contributed by atoms with Gasteiger partial charge in [-0.05, 0) is 68.5 Å². The van der Waals surface area contributed by atoms with E-state index in [1.54, 1.807) is 0 Å². The number of benzene rings is 2. The molecule has 5 heteroatoms. The molecule has 1 atom stereocenters. The number of carbonyl (C=O) groups excluding carboxylic acids is 1. The van der Waals surface area contributed by atoms with Gasteiger partial charge in [-0.25, -0.2) is 0 Å². The summed E-state index contributed by atoms with van der Waals surface area (Å²) in [5.74, 6) is 2.39. The molecular weight excluding hydrogens is 410 g/mol. The van der Waals surface area contributed by atoms with Crippen LogP contribution in [0.5, 0.6) is 11.5 Å².